The summed E-state index contributed by atoms with van der Waals surface area (Å²) in [5.74, 6) is -1.83. The molecule has 2 aromatic heterocycles. The predicted molar refractivity (Wildman–Crippen MR) is 204 cm³/mol. The minimum atomic E-state index is -0.733. The Kier molecular flexibility index (Phi) is 10.6. The summed E-state index contributed by atoms with van der Waals surface area (Å²) in [6, 6.07) is 26.4. The van der Waals surface area contributed by atoms with E-state index in [2.05, 4.69) is 20.7 Å². The first-order chi connectivity index (χ1) is 25.7. The molecule has 3 unspecified atom stereocenters. The number of amides is 4. The highest BCUT2D eigenvalue weighted by Crippen LogP contribution is 2.37. The molecule has 4 amide bonds. The Hall–Kier alpha value is -5.42. The molecule has 53 heavy (non-hydrogen) atoms. The maximum absolute atomic E-state index is 14.3. The molecule has 274 valence electrons. The minimum Gasteiger partial charge on any atom is -0.361 e. The number of hydrogen-bond acceptors (Lipinski definition) is 5. The molecule has 2 saturated heterocycles. The number of aryl methyl sites for hydroxylation is 2. The number of carbonyl (C=O) groups is 4. The number of hydrogen-bond donors (Lipinski definition) is 3. The molecular formula is C41H44ClN7O4. The molecule has 0 saturated carbocycles. The van der Waals surface area contributed by atoms with E-state index in [1.807, 2.05) is 86.0 Å². The van der Waals surface area contributed by atoms with Crippen molar-refractivity contribution in [2.75, 3.05) is 33.2 Å². The topological polar surface area (TPSA) is 132 Å². The van der Waals surface area contributed by atoms with Gasteiger partial charge in [-0.25, -0.2) is 0 Å². The highest BCUT2D eigenvalue weighted by Gasteiger charge is 2.48. The summed E-state index contributed by atoms with van der Waals surface area (Å²) < 4.78 is 1.71. The summed E-state index contributed by atoms with van der Waals surface area (Å²) in [4.78, 5) is 62.0. The zero-order chi connectivity index (χ0) is 37.1. The molecule has 2 aliphatic heterocycles. The fraction of sp³-hybridized carbons (Fsp3) is 0.341. The number of likely N-dealkylation sites (tertiary alicyclic amines) is 2. The third-order valence-corrected chi connectivity index (χ3v) is 11.0. The Bertz CT molecular complexity index is 2110. The minimum absolute atomic E-state index is 0.107. The van der Waals surface area contributed by atoms with E-state index in [1.165, 1.54) is 0 Å². The molecule has 11 nitrogen and oxygen atoms in total. The van der Waals surface area contributed by atoms with Crippen LogP contribution in [-0.4, -0.2) is 87.5 Å². The van der Waals surface area contributed by atoms with Crippen molar-refractivity contribution in [1.82, 2.24) is 35.2 Å². The molecule has 7 rings (SSSR count). The van der Waals surface area contributed by atoms with Crippen molar-refractivity contribution in [3.63, 3.8) is 0 Å². The molecule has 2 fully saturated rings. The van der Waals surface area contributed by atoms with Gasteiger partial charge in [-0.05, 0) is 66.0 Å². The Balaban J connectivity index is 1.11. The SMILES string of the molecule is CNC(=O)[C@H](CCCc1ccccc1)NC(=O)C1CN(C(=O)Cc2c[nH]c3cc(Cl)ccc23)CC2CN(C(=O)c3cc(-c4ccccc4)n(C)n3)CC21. The number of aromatic nitrogens is 3. The molecule has 5 aromatic rings. The fourth-order valence-corrected chi connectivity index (χ4v) is 8.16. The lowest BCUT2D eigenvalue weighted by molar-refractivity contribution is -0.140. The van der Waals surface area contributed by atoms with Crippen LogP contribution in [0.4, 0.5) is 0 Å². The molecule has 0 radical (unpaired) electrons. The largest absolute Gasteiger partial charge is 0.361 e. The number of nitrogens with zero attached hydrogens (tertiary/aromatic N) is 4. The highest BCUT2D eigenvalue weighted by atomic mass is 35.5. The Morgan fingerprint density at radius 2 is 1.66 bits per heavy atom. The first-order valence-electron chi connectivity index (χ1n) is 18.2. The van der Waals surface area contributed by atoms with Crippen LogP contribution in [0.2, 0.25) is 5.02 Å². The van der Waals surface area contributed by atoms with Crippen LogP contribution in [0, 0.1) is 17.8 Å². The second-order valence-corrected chi connectivity index (χ2v) is 14.6. The molecule has 2 aliphatic rings. The highest BCUT2D eigenvalue weighted by molar-refractivity contribution is 6.31. The summed E-state index contributed by atoms with van der Waals surface area (Å²) in [6.45, 7) is 1.34. The number of piperidine rings is 1. The Labute approximate surface area is 313 Å². The number of H-pyrrole nitrogens is 1. The summed E-state index contributed by atoms with van der Waals surface area (Å²) in [5.41, 5.74) is 4.96. The van der Waals surface area contributed by atoms with E-state index in [9.17, 15) is 19.2 Å². The first-order valence-corrected chi connectivity index (χ1v) is 18.5. The number of carbonyl (C=O) groups excluding carboxylic acids is 4. The lowest BCUT2D eigenvalue weighted by atomic mass is 9.79. The number of rotatable bonds is 11. The van der Waals surface area contributed by atoms with Gasteiger partial charge in [0.15, 0.2) is 5.69 Å². The van der Waals surface area contributed by atoms with Crippen LogP contribution >= 0.6 is 11.6 Å². The van der Waals surface area contributed by atoms with Crippen molar-refractivity contribution in [2.45, 2.75) is 31.7 Å². The van der Waals surface area contributed by atoms with E-state index in [0.717, 1.165) is 39.7 Å². The Morgan fingerprint density at radius 3 is 2.42 bits per heavy atom. The molecular weight excluding hydrogens is 690 g/mol. The van der Waals surface area contributed by atoms with Gasteiger partial charge in [0.2, 0.25) is 17.7 Å². The number of aromatic amines is 1. The zero-order valence-electron chi connectivity index (χ0n) is 29.9. The van der Waals surface area contributed by atoms with E-state index >= 15 is 0 Å². The van der Waals surface area contributed by atoms with Crippen LogP contribution in [0.1, 0.15) is 34.5 Å². The van der Waals surface area contributed by atoms with Gasteiger partial charge in [-0.3, -0.25) is 23.9 Å². The molecule has 0 bridgehead atoms. The lowest BCUT2D eigenvalue weighted by Crippen LogP contribution is -2.56. The quantitative estimate of drug-likeness (QED) is 0.178. The predicted octanol–water partition coefficient (Wildman–Crippen LogP) is 4.86. The van der Waals surface area contributed by atoms with Crippen molar-refractivity contribution in [3.05, 3.63) is 113 Å². The van der Waals surface area contributed by atoms with Gasteiger partial charge in [0.1, 0.15) is 6.04 Å². The van der Waals surface area contributed by atoms with Gasteiger partial charge in [0.05, 0.1) is 18.0 Å². The molecule has 12 heteroatoms. The van der Waals surface area contributed by atoms with Crippen molar-refractivity contribution in [1.29, 1.82) is 0 Å². The lowest BCUT2D eigenvalue weighted by Gasteiger charge is -2.40. The summed E-state index contributed by atoms with van der Waals surface area (Å²) >= 11 is 6.19. The van der Waals surface area contributed by atoms with Gasteiger partial charge in [-0.1, -0.05) is 78.3 Å². The van der Waals surface area contributed by atoms with Crippen LogP contribution in [0.5, 0.6) is 0 Å². The summed E-state index contributed by atoms with van der Waals surface area (Å²) in [6.07, 6.45) is 3.91. The number of halogens is 1. The van der Waals surface area contributed by atoms with Gasteiger partial charge in [0, 0.05) is 62.4 Å². The first kappa shape index (κ1) is 36.0. The van der Waals surface area contributed by atoms with Crippen molar-refractivity contribution >= 4 is 46.1 Å². The van der Waals surface area contributed by atoms with Crippen LogP contribution in [0.15, 0.2) is 91.1 Å². The van der Waals surface area contributed by atoms with Gasteiger partial charge >= 0.3 is 0 Å². The van der Waals surface area contributed by atoms with E-state index in [1.54, 1.807) is 33.7 Å². The molecule has 3 N–H and O–H groups in total. The average Bonchev–Trinajstić information content (AvgIpc) is 3.90. The normalized spacial score (nSPS) is 18.8. The van der Waals surface area contributed by atoms with Crippen LogP contribution in [0.3, 0.4) is 0 Å². The van der Waals surface area contributed by atoms with Gasteiger partial charge < -0.3 is 25.4 Å². The maximum atomic E-state index is 14.3. The third kappa shape index (κ3) is 7.85. The molecule has 3 aromatic carbocycles. The van der Waals surface area contributed by atoms with Gasteiger partial charge in [-0.2, -0.15) is 5.10 Å². The molecule has 0 aliphatic carbocycles. The van der Waals surface area contributed by atoms with Crippen molar-refractivity contribution < 1.29 is 19.2 Å². The number of benzene rings is 3. The number of nitrogens with one attached hydrogen (secondary N) is 3. The van der Waals surface area contributed by atoms with Crippen LogP contribution in [-0.2, 0) is 34.3 Å². The zero-order valence-corrected chi connectivity index (χ0v) is 30.7. The number of likely N-dealkylation sites (N-methyl/N-ethyl adjacent to an activating group) is 1. The van der Waals surface area contributed by atoms with Crippen LogP contribution < -0.4 is 10.6 Å². The second-order valence-electron chi connectivity index (χ2n) is 14.2. The van der Waals surface area contributed by atoms with E-state index in [0.29, 0.717) is 43.2 Å². The molecule has 4 atom stereocenters. The van der Waals surface area contributed by atoms with Gasteiger partial charge in [-0.15, -0.1) is 0 Å². The third-order valence-electron chi connectivity index (χ3n) is 10.8. The van der Waals surface area contributed by atoms with Crippen LogP contribution in [0.25, 0.3) is 22.2 Å². The monoisotopic (exact) mass is 733 g/mol. The fourth-order valence-electron chi connectivity index (χ4n) is 7.99. The molecule has 0 spiro atoms. The number of fused-ring (bicyclic) bond motifs is 2. The van der Waals surface area contributed by atoms with Gasteiger partial charge in [0.25, 0.3) is 5.91 Å². The molecule has 4 heterocycles. The Morgan fingerprint density at radius 1 is 0.925 bits per heavy atom. The van der Waals surface area contributed by atoms with Crippen molar-refractivity contribution in [2.24, 2.45) is 24.8 Å². The van der Waals surface area contributed by atoms with E-state index in [4.69, 9.17) is 11.6 Å². The smallest absolute Gasteiger partial charge is 0.274 e. The maximum Gasteiger partial charge on any atom is 0.274 e. The van der Waals surface area contributed by atoms with E-state index < -0.39 is 12.0 Å². The summed E-state index contributed by atoms with van der Waals surface area (Å²) in [5, 5.41) is 11.8. The van der Waals surface area contributed by atoms with E-state index in [-0.39, 0.29) is 48.4 Å². The standard InChI is InChI=1S/C41H44ClN7O4/c1-43-40(52)34(15-9-12-26-10-5-3-6-11-26)45-39(51)33-25-48(38(50)18-28-21-44-35-19-30(42)16-17-31(28)35)22-29-23-49(24-32(29)33)41(53)36-20-37(47(2)46-36)27-13-7-4-8-14-27/h3-8,10-11,13-14,16-17,19-21,29,32-34,44H,9,12,15,18,22-25H2,1-2H3,(H,43,52)(H,45,51)/t29?,32?,33?,34-/m0/s1. The average molecular weight is 734 g/mol. The van der Waals surface area contributed by atoms with Crippen molar-refractivity contribution in [3.8, 4) is 11.3 Å². The second kappa shape index (κ2) is 15.7. The summed E-state index contributed by atoms with van der Waals surface area (Å²) in [7, 11) is 3.38.